The zero-order valence-electron chi connectivity index (χ0n) is 14.1. The molecule has 0 saturated carbocycles. The number of halogens is 1. The maximum absolute atomic E-state index is 5.98. The van der Waals surface area contributed by atoms with E-state index in [0.717, 1.165) is 22.6 Å². The number of methoxy groups -OCH3 is 2. The highest BCUT2D eigenvalue weighted by Crippen LogP contribution is 2.22. The summed E-state index contributed by atoms with van der Waals surface area (Å²) in [6.45, 7) is 1.25. The largest absolute Gasteiger partial charge is 0.497 e. The number of nitrogens with zero attached hydrogens (tertiary/aromatic N) is 1. The molecule has 0 unspecified atom stereocenters. The standard InChI is InChI=1S/C18H22ClN3O2/c1-20-18(21-11-13-4-8-16(23-2)9-5-13)22-12-14-6-7-15(19)10-17(14)24-3/h4-10H,11-12H2,1-3H3,(H2,20,21,22). The van der Waals surface area contributed by atoms with Crippen molar-refractivity contribution in [3.63, 3.8) is 0 Å². The van der Waals surface area contributed by atoms with E-state index < -0.39 is 0 Å². The summed E-state index contributed by atoms with van der Waals surface area (Å²) in [6.07, 6.45) is 0. The van der Waals surface area contributed by atoms with Crippen LogP contribution in [0.15, 0.2) is 47.5 Å². The van der Waals surface area contributed by atoms with Crippen LogP contribution >= 0.6 is 11.6 Å². The second-order valence-corrected chi connectivity index (χ2v) is 5.52. The molecule has 5 nitrogen and oxygen atoms in total. The summed E-state index contributed by atoms with van der Waals surface area (Å²) in [5.74, 6) is 2.31. The van der Waals surface area contributed by atoms with E-state index in [1.54, 1.807) is 27.3 Å². The van der Waals surface area contributed by atoms with Crippen LogP contribution in [0.1, 0.15) is 11.1 Å². The molecule has 2 rings (SSSR count). The highest BCUT2D eigenvalue weighted by atomic mass is 35.5. The summed E-state index contributed by atoms with van der Waals surface area (Å²) in [6, 6.07) is 13.5. The van der Waals surface area contributed by atoms with Gasteiger partial charge in [0.2, 0.25) is 0 Å². The van der Waals surface area contributed by atoms with Gasteiger partial charge in [-0.15, -0.1) is 0 Å². The molecule has 0 heterocycles. The molecule has 0 atom stereocenters. The first kappa shape index (κ1) is 17.9. The van der Waals surface area contributed by atoms with Crippen LogP contribution in [0, 0.1) is 0 Å². The van der Waals surface area contributed by atoms with Crippen molar-refractivity contribution in [1.29, 1.82) is 0 Å². The lowest BCUT2D eigenvalue weighted by molar-refractivity contribution is 0.409. The number of aliphatic imine (C=N–C) groups is 1. The molecule has 2 aromatic rings. The minimum atomic E-state index is 0.586. The summed E-state index contributed by atoms with van der Waals surface area (Å²) < 4.78 is 10.5. The van der Waals surface area contributed by atoms with Gasteiger partial charge in [-0.25, -0.2) is 0 Å². The van der Waals surface area contributed by atoms with Crippen LogP contribution in [0.2, 0.25) is 5.02 Å². The quantitative estimate of drug-likeness (QED) is 0.622. The molecule has 24 heavy (non-hydrogen) atoms. The molecule has 2 N–H and O–H groups in total. The number of benzene rings is 2. The van der Waals surface area contributed by atoms with Crippen LogP contribution in [0.5, 0.6) is 11.5 Å². The van der Waals surface area contributed by atoms with E-state index in [2.05, 4.69) is 15.6 Å². The van der Waals surface area contributed by atoms with Crippen LogP contribution in [0.25, 0.3) is 0 Å². The second-order valence-electron chi connectivity index (χ2n) is 5.08. The fourth-order valence-electron chi connectivity index (χ4n) is 2.19. The molecule has 0 bridgehead atoms. The molecular weight excluding hydrogens is 326 g/mol. The first-order valence-electron chi connectivity index (χ1n) is 7.56. The SMILES string of the molecule is CN=C(NCc1ccc(OC)cc1)NCc1ccc(Cl)cc1OC. The maximum Gasteiger partial charge on any atom is 0.191 e. The first-order valence-corrected chi connectivity index (χ1v) is 7.94. The third kappa shape index (κ3) is 5.06. The molecule has 0 amide bonds. The Morgan fingerprint density at radius 1 is 1.00 bits per heavy atom. The lowest BCUT2D eigenvalue weighted by atomic mass is 10.2. The lowest BCUT2D eigenvalue weighted by Crippen LogP contribution is -2.36. The van der Waals surface area contributed by atoms with Gasteiger partial charge in [0.25, 0.3) is 0 Å². The molecule has 0 aliphatic heterocycles. The zero-order chi connectivity index (χ0) is 17.4. The van der Waals surface area contributed by atoms with Crippen molar-refractivity contribution < 1.29 is 9.47 Å². The average Bonchev–Trinajstić information content (AvgIpc) is 2.63. The van der Waals surface area contributed by atoms with Crippen LogP contribution in [0.4, 0.5) is 0 Å². The van der Waals surface area contributed by atoms with Gasteiger partial charge in [0.15, 0.2) is 5.96 Å². The van der Waals surface area contributed by atoms with E-state index in [4.69, 9.17) is 21.1 Å². The fourth-order valence-corrected chi connectivity index (χ4v) is 2.36. The van der Waals surface area contributed by atoms with Gasteiger partial charge >= 0.3 is 0 Å². The average molecular weight is 348 g/mol. The predicted octanol–water partition coefficient (Wildman–Crippen LogP) is 3.22. The minimum Gasteiger partial charge on any atom is -0.497 e. The zero-order valence-corrected chi connectivity index (χ0v) is 14.9. The Balaban J connectivity index is 1.90. The van der Waals surface area contributed by atoms with Gasteiger partial charge in [-0.1, -0.05) is 29.8 Å². The van der Waals surface area contributed by atoms with E-state index in [-0.39, 0.29) is 0 Å². The normalized spacial score (nSPS) is 11.1. The molecule has 0 radical (unpaired) electrons. The van der Waals surface area contributed by atoms with Crippen LogP contribution in [-0.4, -0.2) is 27.2 Å². The second kappa shape index (κ2) is 9.03. The number of rotatable bonds is 6. The van der Waals surface area contributed by atoms with Crippen molar-refractivity contribution >= 4 is 17.6 Å². The molecule has 6 heteroatoms. The molecule has 0 spiro atoms. The monoisotopic (exact) mass is 347 g/mol. The molecule has 0 aromatic heterocycles. The van der Waals surface area contributed by atoms with Gasteiger partial charge in [-0.3, -0.25) is 4.99 Å². The molecule has 0 fully saturated rings. The van der Waals surface area contributed by atoms with E-state index in [1.807, 2.05) is 36.4 Å². The Bertz CT molecular complexity index is 687. The van der Waals surface area contributed by atoms with Crippen molar-refractivity contribution in [3.8, 4) is 11.5 Å². The van der Waals surface area contributed by atoms with Crippen molar-refractivity contribution in [3.05, 3.63) is 58.6 Å². The van der Waals surface area contributed by atoms with Crippen molar-refractivity contribution in [2.75, 3.05) is 21.3 Å². The summed E-state index contributed by atoms with van der Waals surface area (Å²) in [7, 11) is 5.03. The highest BCUT2D eigenvalue weighted by Gasteiger charge is 2.05. The van der Waals surface area contributed by atoms with E-state index in [0.29, 0.717) is 24.1 Å². The Morgan fingerprint density at radius 2 is 1.71 bits per heavy atom. The van der Waals surface area contributed by atoms with Crippen LogP contribution in [0.3, 0.4) is 0 Å². The molecule has 0 aliphatic rings. The van der Waals surface area contributed by atoms with Gasteiger partial charge in [0, 0.05) is 30.7 Å². The number of guanidine groups is 1. The Hall–Kier alpha value is -2.40. The summed E-state index contributed by atoms with van der Waals surface area (Å²) in [4.78, 5) is 4.23. The first-order chi connectivity index (χ1) is 11.7. The van der Waals surface area contributed by atoms with Gasteiger partial charge < -0.3 is 20.1 Å². The Morgan fingerprint density at radius 3 is 2.33 bits per heavy atom. The smallest absolute Gasteiger partial charge is 0.191 e. The topological polar surface area (TPSA) is 54.9 Å². The number of nitrogens with one attached hydrogen (secondary N) is 2. The van der Waals surface area contributed by atoms with E-state index in [1.165, 1.54) is 0 Å². The van der Waals surface area contributed by atoms with Gasteiger partial charge in [-0.2, -0.15) is 0 Å². The van der Waals surface area contributed by atoms with E-state index >= 15 is 0 Å². The maximum atomic E-state index is 5.98. The fraction of sp³-hybridized carbons (Fsp3) is 0.278. The number of hydrogen-bond acceptors (Lipinski definition) is 3. The van der Waals surface area contributed by atoms with Crippen LogP contribution < -0.4 is 20.1 Å². The molecule has 2 aromatic carbocycles. The van der Waals surface area contributed by atoms with Crippen LogP contribution in [-0.2, 0) is 13.1 Å². The highest BCUT2D eigenvalue weighted by molar-refractivity contribution is 6.30. The Labute approximate surface area is 147 Å². The third-order valence-corrected chi connectivity index (χ3v) is 3.77. The van der Waals surface area contributed by atoms with Crippen molar-refractivity contribution in [2.24, 2.45) is 4.99 Å². The number of hydrogen-bond donors (Lipinski definition) is 2. The summed E-state index contributed by atoms with van der Waals surface area (Å²) in [5, 5.41) is 7.19. The lowest BCUT2D eigenvalue weighted by Gasteiger charge is -2.14. The molecule has 128 valence electrons. The summed E-state index contributed by atoms with van der Waals surface area (Å²) in [5.41, 5.74) is 2.15. The van der Waals surface area contributed by atoms with E-state index in [9.17, 15) is 0 Å². The van der Waals surface area contributed by atoms with Gasteiger partial charge in [-0.05, 0) is 29.8 Å². The minimum absolute atomic E-state index is 0.586. The molecule has 0 aliphatic carbocycles. The predicted molar refractivity (Wildman–Crippen MR) is 98.0 cm³/mol. The molecule has 0 saturated heterocycles. The number of ether oxygens (including phenoxy) is 2. The van der Waals surface area contributed by atoms with Crippen molar-refractivity contribution in [1.82, 2.24) is 10.6 Å². The van der Waals surface area contributed by atoms with Gasteiger partial charge in [0.1, 0.15) is 11.5 Å². The summed E-state index contributed by atoms with van der Waals surface area (Å²) >= 11 is 5.98. The third-order valence-electron chi connectivity index (χ3n) is 3.54. The van der Waals surface area contributed by atoms with Gasteiger partial charge in [0.05, 0.1) is 14.2 Å². The Kier molecular flexibility index (Phi) is 6.75. The molecular formula is C18H22ClN3O2. The van der Waals surface area contributed by atoms with Crippen molar-refractivity contribution in [2.45, 2.75) is 13.1 Å².